The zero-order chi connectivity index (χ0) is 24.0. The Bertz CT molecular complexity index is 1040. The van der Waals surface area contributed by atoms with Crippen LogP contribution in [0.1, 0.15) is 17.3 Å². The predicted octanol–water partition coefficient (Wildman–Crippen LogP) is 2.68. The molecule has 1 fully saturated rings. The third-order valence-electron chi connectivity index (χ3n) is 5.23. The van der Waals surface area contributed by atoms with Gasteiger partial charge in [0.2, 0.25) is 5.91 Å². The van der Waals surface area contributed by atoms with Gasteiger partial charge in [-0.15, -0.1) is 0 Å². The Hall–Kier alpha value is -3.73. The number of hydrogen-bond donors (Lipinski definition) is 1. The number of amides is 2. The molecule has 0 atom stereocenters. The summed E-state index contributed by atoms with van der Waals surface area (Å²) >= 11 is 0. The number of ether oxygens (including phenoxy) is 2. The molecule has 0 saturated carbocycles. The summed E-state index contributed by atoms with van der Waals surface area (Å²) in [6.07, 6.45) is 0. The van der Waals surface area contributed by atoms with Crippen LogP contribution >= 0.6 is 0 Å². The van der Waals surface area contributed by atoms with Gasteiger partial charge in [-0.1, -0.05) is 0 Å². The number of methoxy groups -OCH3 is 1. The molecule has 1 heterocycles. The molecular formula is C22H25FN4O6. The number of carbonyl (C=O) groups is 2. The van der Waals surface area contributed by atoms with E-state index in [4.69, 9.17) is 9.47 Å². The minimum Gasteiger partial charge on any atom is -0.488 e. The minimum atomic E-state index is -0.657. The largest absolute Gasteiger partial charge is 0.488 e. The van der Waals surface area contributed by atoms with E-state index in [2.05, 4.69) is 5.32 Å². The number of rotatable bonds is 8. The average molecular weight is 460 g/mol. The fourth-order valence-corrected chi connectivity index (χ4v) is 3.47. The number of nitro groups is 1. The molecule has 0 bridgehead atoms. The van der Waals surface area contributed by atoms with Gasteiger partial charge in [-0.05, 0) is 24.3 Å². The van der Waals surface area contributed by atoms with E-state index in [1.54, 1.807) is 4.90 Å². The molecule has 1 saturated heterocycles. The lowest BCUT2D eigenvalue weighted by atomic mass is 10.1. The second kappa shape index (κ2) is 10.7. The van der Waals surface area contributed by atoms with Crippen molar-refractivity contribution in [3.63, 3.8) is 0 Å². The van der Waals surface area contributed by atoms with Gasteiger partial charge in [0.05, 0.1) is 11.5 Å². The summed E-state index contributed by atoms with van der Waals surface area (Å²) in [5.41, 5.74) is 0.410. The Labute approximate surface area is 190 Å². The summed E-state index contributed by atoms with van der Waals surface area (Å²) in [5.74, 6) is -1.29. The van der Waals surface area contributed by atoms with Crippen molar-refractivity contribution in [3.8, 4) is 5.75 Å². The first kappa shape index (κ1) is 23.9. The molecule has 3 rings (SSSR count). The number of hydrogen-bond acceptors (Lipinski definition) is 7. The van der Waals surface area contributed by atoms with Crippen LogP contribution < -0.4 is 15.0 Å². The van der Waals surface area contributed by atoms with Crippen LogP contribution in [0.3, 0.4) is 0 Å². The quantitative estimate of drug-likeness (QED) is 0.366. The molecule has 1 N–H and O–H groups in total. The summed E-state index contributed by atoms with van der Waals surface area (Å²) in [4.78, 5) is 38.8. The molecule has 1 aliphatic heterocycles. The van der Waals surface area contributed by atoms with E-state index >= 15 is 0 Å². The molecule has 33 heavy (non-hydrogen) atoms. The highest BCUT2D eigenvalue weighted by Crippen LogP contribution is 2.30. The molecular weight excluding hydrogens is 435 g/mol. The smallest absolute Gasteiger partial charge is 0.293 e. The van der Waals surface area contributed by atoms with Gasteiger partial charge in [-0.2, -0.15) is 0 Å². The van der Waals surface area contributed by atoms with Crippen molar-refractivity contribution in [2.75, 3.05) is 56.7 Å². The molecule has 0 unspecified atom stereocenters. The van der Waals surface area contributed by atoms with Gasteiger partial charge in [0.15, 0.2) is 11.6 Å². The van der Waals surface area contributed by atoms with Crippen LogP contribution in [-0.4, -0.2) is 68.1 Å². The Balaban J connectivity index is 1.72. The van der Waals surface area contributed by atoms with Gasteiger partial charge in [-0.3, -0.25) is 19.7 Å². The summed E-state index contributed by atoms with van der Waals surface area (Å²) in [7, 11) is 1.50. The van der Waals surface area contributed by atoms with Gasteiger partial charge in [0.1, 0.15) is 12.3 Å². The van der Waals surface area contributed by atoms with Crippen LogP contribution in [0.15, 0.2) is 36.4 Å². The number of nitrogens with one attached hydrogen (secondary N) is 1. The number of anilines is 2. The molecule has 0 aliphatic carbocycles. The van der Waals surface area contributed by atoms with E-state index < -0.39 is 16.6 Å². The molecule has 176 valence electrons. The molecule has 10 nitrogen and oxygen atoms in total. The predicted molar refractivity (Wildman–Crippen MR) is 119 cm³/mol. The first-order chi connectivity index (χ1) is 15.8. The van der Waals surface area contributed by atoms with E-state index in [0.717, 1.165) is 6.07 Å². The zero-order valence-electron chi connectivity index (χ0n) is 18.4. The van der Waals surface area contributed by atoms with E-state index in [-0.39, 0.29) is 35.2 Å². The molecule has 11 heteroatoms. The lowest BCUT2D eigenvalue weighted by molar-refractivity contribution is -0.384. The molecule has 0 aromatic heterocycles. The maximum atomic E-state index is 14.2. The third-order valence-corrected chi connectivity index (χ3v) is 5.23. The SMILES string of the molecule is COCCOc1ccc(NC(=O)c2ccc(N3CCN(C(C)=O)CC3)c([N+](=O)[O-])c2)cc1F. The fraction of sp³-hybridized carbons (Fsp3) is 0.364. The van der Waals surface area contributed by atoms with E-state index in [1.807, 2.05) is 4.90 Å². The van der Waals surface area contributed by atoms with Crippen molar-refractivity contribution in [1.82, 2.24) is 4.90 Å². The topological polar surface area (TPSA) is 114 Å². The highest BCUT2D eigenvalue weighted by Gasteiger charge is 2.26. The highest BCUT2D eigenvalue weighted by atomic mass is 19.1. The summed E-state index contributed by atoms with van der Waals surface area (Å²) in [6.45, 7) is 3.79. The van der Waals surface area contributed by atoms with E-state index in [9.17, 15) is 24.1 Å². The summed E-state index contributed by atoms with van der Waals surface area (Å²) in [5, 5.41) is 14.2. The summed E-state index contributed by atoms with van der Waals surface area (Å²) in [6, 6.07) is 8.16. The lowest BCUT2D eigenvalue weighted by Crippen LogP contribution is -2.48. The molecule has 2 aromatic carbocycles. The van der Waals surface area contributed by atoms with Gasteiger partial charge in [-0.25, -0.2) is 4.39 Å². The van der Waals surface area contributed by atoms with Crippen molar-refractivity contribution in [1.29, 1.82) is 0 Å². The van der Waals surface area contributed by atoms with Gasteiger partial charge >= 0.3 is 0 Å². The number of benzene rings is 2. The Kier molecular flexibility index (Phi) is 7.78. The van der Waals surface area contributed by atoms with Crippen LogP contribution in [0, 0.1) is 15.9 Å². The van der Waals surface area contributed by atoms with Gasteiger partial charge in [0, 0.05) is 63.6 Å². The number of piperazine rings is 1. The van der Waals surface area contributed by atoms with Crippen LogP contribution in [0.2, 0.25) is 0 Å². The van der Waals surface area contributed by atoms with Crippen LogP contribution in [0.4, 0.5) is 21.5 Å². The number of nitrogens with zero attached hydrogens (tertiary/aromatic N) is 3. The minimum absolute atomic E-state index is 0.0231. The second-order valence-corrected chi connectivity index (χ2v) is 7.39. The van der Waals surface area contributed by atoms with E-state index in [0.29, 0.717) is 38.5 Å². The Morgan fingerprint density at radius 3 is 2.45 bits per heavy atom. The highest BCUT2D eigenvalue weighted by molar-refractivity contribution is 6.05. The van der Waals surface area contributed by atoms with Crippen LogP contribution in [-0.2, 0) is 9.53 Å². The van der Waals surface area contributed by atoms with Crippen molar-refractivity contribution in [2.45, 2.75) is 6.92 Å². The molecule has 0 radical (unpaired) electrons. The van der Waals surface area contributed by atoms with Crippen molar-refractivity contribution in [3.05, 3.63) is 57.9 Å². The standard InChI is InChI=1S/C22H25FN4O6/c1-15(28)25-7-9-26(10-8-25)19-5-3-16(13-20(19)27(30)31)22(29)24-17-4-6-21(18(23)14-17)33-12-11-32-2/h3-6,13-14H,7-12H2,1-2H3,(H,24,29). The maximum absolute atomic E-state index is 14.2. The first-order valence-corrected chi connectivity index (χ1v) is 10.3. The number of carbonyl (C=O) groups excluding carboxylic acids is 2. The number of nitro benzene ring substituents is 1. The van der Waals surface area contributed by atoms with Crippen molar-refractivity contribution >= 4 is 28.9 Å². The molecule has 0 spiro atoms. The van der Waals surface area contributed by atoms with E-state index in [1.165, 1.54) is 44.4 Å². The molecule has 1 aliphatic rings. The van der Waals surface area contributed by atoms with Gasteiger partial charge in [0.25, 0.3) is 11.6 Å². The zero-order valence-corrected chi connectivity index (χ0v) is 18.4. The van der Waals surface area contributed by atoms with Crippen molar-refractivity contribution in [2.24, 2.45) is 0 Å². The second-order valence-electron chi connectivity index (χ2n) is 7.39. The van der Waals surface area contributed by atoms with Gasteiger partial charge < -0.3 is 24.6 Å². The fourth-order valence-electron chi connectivity index (χ4n) is 3.47. The van der Waals surface area contributed by atoms with Crippen LogP contribution in [0.25, 0.3) is 0 Å². The average Bonchev–Trinajstić information content (AvgIpc) is 2.80. The number of halogens is 1. The van der Waals surface area contributed by atoms with Crippen LogP contribution in [0.5, 0.6) is 5.75 Å². The third kappa shape index (κ3) is 5.95. The molecule has 2 aromatic rings. The molecule has 2 amide bonds. The monoisotopic (exact) mass is 460 g/mol. The van der Waals surface area contributed by atoms with Crippen molar-refractivity contribution < 1.29 is 28.4 Å². The maximum Gasteiger partial charge on any atom is 0.293 e. The summed E-state index contributed by atoms with van der Waals surface area (Å²) < 4.78 is 24.3. The first-order valence-electron chi connectivity index (χ1n) is 10.3. The lowest BCUT2D eigenvalue weighted by Gasteiger charge is -2.35. The normalized spacial score (nSPS) is 13.5. The Morgan fingerprint density at radius 1 is 1.12 bits per heavy atom. The Morgan fingerprint density at radius 2 is 1.85 bits per heavy atom.